The first-order chi connectivity index (χ1) is 17.6. The fourth-order valence-corrected chi connectivity index (χ4v) is 5.57. The molecule has 0 bridgehead atoms. The molecule has 0 radical (unpaired) electrons. The van der Waals surface area contributed by atoms with Crippen molar-refractivity contribution in [2.75, 3.05) is 5.32 Å². The summed E-state index contributed by atoms with van der Waals surface area (Å²) in [5.74, 6) is 0. The van der Waals surface area contributed by atoms with Crippen LogP contribution in [0.4, 0.5) is 11.4 Å². The van der Waals surface area contributed by atoms with Gasteiger partial charge in [-0.05, 0) is 85.2 Å². The average molecular weight is 487 g/mol. The number of fused-ring (bicyclic) bond motifs is 3. The molecule has 1 fully saturated rings. The molecule has 0 aromatic heterocycles. The zero-order chi connectivity index (χ0) is 26.0. The molecule has 0 atom stereocenters. The van der Waals surface area contributed by atoms with Crippen LogP contribution in [-0.4, -0.2) is 18.3 Å². The van der Waals surface area contributed by atoms with Gasteiger partial charge in [-0.25, -0.2) is 0 Å². The Kier molecular flexibility index (Phi) is 5.42. The van der Waals surface area contributed by atoms with E-state index < -0.39 is 0 Å². The van der Waals surface area contributed by atoms with Gasteiger partial charge in [0.05, 0.1) is 11.2 Å². The van der Waals surface area contributed by atoms with Gasteiger partial charge < -0.3 is 14.6 Å². The molecule has 2 aliphatic rings. The molecule has 0 unspecified atom stereocenters. The lowest BCUT2D eigenvalue weighted by atomic mass is 9.79. The van der Waals surface area contributed by atoms with Crippen molar-refractivity contribution in [3.8, 4) is 22.3 Å². The lowest BCUT2D eigenvalue weighted by Crippen LogP contribution is -2.41. The molecule has 1 aliphatic heterocycles. The van der Waals surface area contributed by atoms with Crippen molar-refractivity contribution in [2.45, 2.75) is 58.2 Å². The highest BCUT2D eigenvalue weighted by Crippen LogP contribution is 2.49. The number of hydrogen-bond acceptors (Lipinski definition) is 3. The van der Waals surface area contributed by atoms with Crippen molar-refractivity contribution in [3.05, 3.63) is 102 Å². The molecule has 6 rings (SSSR count). The normalized spacial score (nSPS) is 18.4. The Labute approximate surface area is 221 Å². The topological polar surface area (TPSA) is 30.5 Å². The number of nitrogens with one attached hydrogen (secondary N) is 1. The molecule has 4 heteroatoms. The van der Waals surface area contributed by atoms with Crippen LogP contribution in [0.25, 0.3) is 22.3 Å². The molecule has 0 saturated carbocycles. The molecule has 1 aliphatic carbocycles. The summed E-state index contributed by atoms with van der Waals surface area (Å²) in [5, 5.41) is 3.65. The van der Waals surface area contributed by atoms with Crippen LogP contribution in [0.3, 0.4) is 0 Å². The molecule has 0 spiro atoms. The first kappa shape index (κ1) is 24.0. The predicted octanol–water partition coefficient (Wildman–Crippen LogP) is 7.70. The van der Waals surface area contributed by atoms with Crippen molar-refractivity contribution in [3.63, 3.8) is 0 Å². The highest BCUT2D eigenvalue weighted by molar-refractivity contribution is 6.62. The quantitative estimate of drug-likeness (QED) is 0.299. The molecule has 1 N–H and O–H groups in total. The molecule has 186 valence electrons. The van der Waals surface area contributed by atoms with E-state index in [0.717, 1.165) is 16.8 Å². The fraction of sp³-hybridized carbons (Fsp3) is 0.273. The lowest BCUT2D eigenvalue weighted by Gasteiger charge is -2.32. The lowest BCUT2D eigenvalue weighted by molar-refractivity contribution is 0.00578. The van der Waals surface area contributed by atoms with Gasteiger partial charge in [0.25, 0.3) is 0 Å². The van der Waals surface area contributed by atoms with E-state index in [0.29, 0.717) is 0 Å². The Hall–Kier alpha value is -3.34. The summed E-state index contributed by atoms with van der Waals surface area (Å²) >= 11 is 0. The van der Waals surface area contributed by atoms with Gasteiger partial charge >= 0.3 is 7.12 Å². The van der Waals surface area contributed by atoms with Gasteiger partial charge in [-0.1, -0.05) is 80.6 Å². The fourth-order valence-electron chi connectivity index (χ4n) is 5.57. The summed E-state index contributed by atoms with van der Waals surface area (Å²) < 4.78 is 12.4. The van der Waals surface area contributed by atoms with Crippen LogP contribution >= 0.6 is 0 Å². The van der Waals surface area contributed by atoms with Crippen molar-refractivity contribution in [1.82, 2.24) is 0 Å². The van der Waals surface area contributed by atoms with E-state index in [1.807, 2.05) is 0 Å². The standard InChI is InChI=1S/C33H34BNO2/c1-31(2)28-13-9-7-12-26(28)27-20-15-22(21-29(27)31)25-11-8-10-14-30(25)35-24-18-16-23(17-19-24)34-36-32(3,4)33(5,6)37-34/h7-21,35H,1-6H3. The summed E-state index contributed by atoms with van der Waals surface area (Å²) in [5.41, 5.74) is 10.3. The van der Waals surface area contributed by atoms with E-state index in [2.05, 4.69) is 138 Å². The molecule has 4 aromatic rings. The van der Waals surface area contributed by atoms with Crippen molar-refractivity contribution >= 4 is 24.0 Å². The van der Waals surface area contributed by atoms with Gasteiger partial charge in [-0.2, -0.15) is 0 Å². The molecular weight excluding hydrogens is 453 g/mol. The zero-order valence-corrected chi connectivity index (χ0v) is 22.6. The van der Waals surface area contributed by atoms with E-state index in [9.17, 15) is 0 Å². The molecule has 1 saturated heterocycles. The van der Waals surface area contributed by atoms with Gasteiger partial charge in [0.1, 0.15) is 0 Å². The number of rotatable bonds is 4. The third-order valence-corrected chi connectivity index (χ3v) is 8.54. The highest BCUT2D eigenvalue weighted by atomic mass is 16.7. The van der Waals surface area contributed by atoms with Crippen LogP contribution < -0.4 is 10.8 Å². The number of hydrogen-bond donors (Lipinski definition) is 1. The molecule has 0 amide bonds. The summed E-state index contributed by atoms with van der Waals surface area (Å²) in [4.78, 5) is 0. The monoisotopic (exact) mass is 487 g/mol. The Morgan fingerprint density at radius 2 is 1.19 bits per heavy atom. The second-order valence-corrected chi connectivity index (χ2v) is 11.8. The van der Waals surface area contributed by atoms with Crippen molar-refractivity contribution in [1.29, 1.82) is 0 Å². The van der Waals surface area contributed by atoms with Crippen LogP contribution in [0.2, 0.25) is 0 Å². The van der Waals surface area contributed by atoms with Crippen molar-refractivity contribution < 1.29 is 9.31 Å². The third-order valence-electron chi connectivity index (χ3n) is 8.54. The van der Waals surface area contributed by atoms with E-state index in [4.69, 9.17) is 9.31 Å². The summed E-state index contributed by atoms with van der Waals surface area (Å²) in [6.07, 6.45) is 0. The Morgan fingerprint density at radius 3 is 1.89 bits per heavy atom. The Morgan fingerprint density at radius 1 is 0.595 bits per heavy atom. The number of anilines is 2. The van der Waals surface area contributed by atoms with Crippen LogP contribution in [0.1, 0.15) is 52.7 Å². The maximum atomic E-state index is 6.22. The minimum atomic E-state index is -0.356. The molecule has 1 heterocycles. The van der Waals surface area contributed by atoms with Gasteiger partial charge in [0.2, 0.25) is 0 Å². The van der Waals surface area contributed by atoms with Crippen LogP contribution in [0, 0.1) is 0 Å². The van der Waals surface area contributed by atoms with Gasteiger partial charge in [-0.3, -0.25) is 0 Å². The summed E-state index contributed by atoms with van der Waals surface area (Å²) in [7, 11) is -0.356. The third kappa shape index (κ3) is 3.91. The molecular formula is C33H34BNO2. The zero-order valence-electron chi connectivity index (χ0n) is 22.6. The van der Waals surface area contributed by atoms with Gasteiger partial charge in [-0.15, -0.1) is 0 Å². The van der Waals surface area contributed by atoms with Crippen LogP contribution in [0.15, 0.2) is 91.0 Å². The Balaban J connectivity index is 1.28. The first-order valence-electron chi connectivity index (χ1n) is 13.1. The summed E-state index contributed by atoms with van der Waals surface area (Å²) in [6, 6.07) is 32.6. The van der Waals surface area contributed by atoms with Crippen LogP contribution in [-0.2, 0) is 14.7 Å². The Bertz CT molecular complexity index is 1470. The number of para-hydroxylation sites is 1. The molecule has 4 aromatic carbocycles. The van der Waals surface area contributed by atoms with E-state index in [1.165, 1.54) is 33.4 Å². The van der Waals surface area contributed by atoms with E-state index >= 15 is 0 Å². The van der Waals surface area contributed by atoms with Crippen LogP contribution in [0.5, 0.6) is 0 Å². The average Bonchev–Trinajstić information content (AvgIpc) is 3.24. The van der Waals surface area contributed by atoms with Gasteiger partial charge in [0.15, 0.2) is 0 Å². The minimum absolute atomic E-state index is 0.0202. The SMILES string of the molecule is CC1(C)c2ccccc2-c2ccc(-c3ccccc3Nc3ccc(B4OC(C)(C)C(C)(C)O4)cc3)cc21. The van der Waals surface area contributed by atoms with Gasteiger partial charge in [0, 0.05) is 22.4 Å². The van der Waals surface area contributed by atoms with E-state index in [-0.39, 0.29) is 23.7 Å². The largest absolute Gasteiger partial charge is 0.494 e. The van der Waals surface area contributed by atoms with E-state index in [1.54, 1.807) is 0 Å². The second-order valence-electron chi connectivity index (χ2n) is 11.8. The number of benzene rings is 4. The highest BCUT2D eigenvalue weighted by Gasteiger charge is 2.51. The predicted molar refractivity (Wildman–Crippen MR) is 155 cm³/mol. The summed E-state index contributed by atoms with van der Waals surface area (Å²) in [6.45, 7) is 13.0. The molecule has 3 nitrogen and oxygen atoms in total. The second kappa shape index (κ2) is 8.34. The van der Waals surface area contributed by atoms with Crippen molar-refractivity contribution in [2.24, 2.45) is 0 Å². The smallest absolute Gasteiger partial charge is 0.399 e. The minimum Gasteiger partial charge on any atom is -0.399 e. The maximum absolute atomic E-state index is 6.22. The molecule has 37 heavy (non-hydrogen) atoms. The first-order valence-corrected chi connectivity index (χ1v) is 13.1. The maximum Gasteiger partial charge on any atom is 0.494 e.